The second kappa shape index (κ2) is 5.73. The van der Waals surface area contributed by atoms with E-state index in [2.05, 4.69) is 28.8 Å². The molecule has 0 N–H and O–H groups in total. The summed E-state index contributed by atoms with van der Waals surface area (Å²) in [6.07, 6.45) is 0. The van der Waals surface area contributed by atoms with Crippen LogP contribution < -0.4 is 21.3 Å². The summed E-state index contributed by atoms with van der Waals surface area (Å²) in [6.45, 7) is 3.65. The number of fused-ring (bicyclic) bond motifs is 7. The van der Waals surface area contributed by atoms with Crippen LogP contribution in [-0.4, -0.2) is 17.3 Å². The fourth-order valence-electron chi connectivity index (χ4n) is 6.63. The number of hydrogen-bond acceptors (Lipinski definition) is 1. The predicted molar refractivity (Wildman–Crippen MR) is 132 cm³/mol. The largest absolute Gasteiger partial charge is 0.397 e. The van der Waals surface area contributed by atoms with Gasteiger partial charge in [0.15, 0.2) is 0 Å². The molecule has 0 radical (unpaired) electrons. The molecule has 0 atom stereocenters. The fraction of sp³-hybridized carbons (Fsp3) is 0.143. The lowest BCUT2D eigenvalue weighted by molar-refractivity contribution is -0.200. The van der Waals surface area contributed by atoms with Crippen LogP contribution in [0.2, 0.25) is 0 Å². The topological polar surface area (TPSA) is 8.17 Å². The standard InChI is InChI=1S/C28H17BF4N2/c1-14-9-10-21-16(11-14)17-12-15(2)13-20-25(17)34(21)22-7-4-8-23-24(22)29(20)19-6-3-5-18-26(19)35(23)28(32,33)27(18,30)31/h3-13H,1-2H3. The number of halogens is 4. The average molecular weight is 468 g/mol. The lowest BCUT2D eigenvalue weighted by Gasteiger charge is -2.40. The van der Waals surface area contributed by atoms with Crippen molar-refractivity contribution >= 4 is 56.3 Å². The molecule has 170 valence electrons. The van der Waals surface area contributed by atoms with Gasteiger partial charge in [0.1, 0.15) is 0 Å². The first-order chi connectivity index (χ1) is 16.7. The van der Waals surface area contributed by atoms with E-state index in [0.29, 0.717) is 15.8 Å². The van der Waals surface area contributed by atoms with Gasteiger partial charge in [0.05, 0.1) is 16.8 Å². The maximum Gasteiger partial charge on any atom is 0.397 e. The van der Waals surface area contributed by atoms with E-state index in [1.54, 1.807) is 18.2 Å². The molecule has 2 nitrogen and oxygen atoms in total. The Kier molecular flexibility index (Phi) is 3.20. The summed E-state index contributed by atoms with van der Waals surface area (Å²) in [5.41, 5.74) is 6.49. The van der Waals surface area contributed by atoms with E-state index in [1.165, 1.54) is 6.07 Å². The summed E-state index contributed by atoms with van der Waals surface area (Å²) >= 11 is 0. The van der Waals surface area contributed by atoms with Crippen LogP contribution in [0.15, 0.2) is 66.7 Å². The summed E-state index contributed by atoms with van der Waals surface area (Å²) in [4.78, 5) is 0.584. The third kappa shape index (κ3) is 1.99. The number of aryl methyl sites for hydroxylation is 2. The molecule has 0 fully saturated rings. The Balaban J connectivity index is 1.62. The van der Waals surface area contributed by atoms with E-state index in [9.17, 15) is 0 Å². The number of alkyl halides is 4. The minimum Gasteiger partial charge on any atom is -0.310 e. The minimum atomic E-state index is -4.37. The smallest absolute Gasteiger partial charge is 0.310 e. The number of nitrogens with zero attached hydrogens (tertiary/aromatic N) is 2. The number of aromatic nitrogens is 1. The number of benzene rings is 4. The highest BCUT2D eigenvalue weighted by molar-refractivity contribution is 7.00. The minimum absolute atomic E-state index is 0.0628. The molecular weight excluding hydrogens is 451 g/mol. The van der Waals surface area contributed by atoms with Gasteiger partial charge in [-0.05, 0) is 60.6 Å². The Morgan fingerprint density at radius 3 is 2.31 bits per heavy atom. The second-order valence-electron chi connectivity index (χ2n) is 9.94. The van der Waals surface area contributed by atoms with Gasteiger partial charge in [-0.3, -0.25) is 4.90 Å². The number of anilines is 2. The molecule has 0 bridgehead atoms. The Labute approximate surface area is 198 Å². The van der Waals surface area contributed by atoms with Crippen LogP contribution in [0.3, 0.4) is 0 Å². The molecule has 5 aromatic rings. The maximum atomic E-state index is 15.4. The van der Waals surface area contributed by atoms with Crippen LogP contribution >= 0.6 is 0 Å². The third-order valence-electron chi connectivity index (χ3n) is 7.93. The van der Waals surface area contributed by atoms with Crippen molar-refractivity contribution in [2.75, 3.05) is 4.90 Å². The molecule has 0 saturated carbocycles. The lowest BCUT2D eigenvalue weighted by Crippen LogP contribution is -2.62. The van der Waals surface area contributed by atoms with Gasteiger partial charge in [0.25, 0.3) is 6.71 Å². The quantitative estimate of drug-likeness (QED) is 0.165. The van der Waals surface area contributed by atoms with Crippen molar-refractivity contribution < 1.29 is 17.6 Å². The van der Waals surface area contributed by atoms with Gasteiger partial charge in [0.2, 0.25) is 0 Å². The van der Waals surface area contributed by atoms with Crippen molar-refractivity contribution in [3.05, 3.63) is 83.4 Å². The zero-order chi connectivity index (χ0) is 24.0. The first-order valence-corrected chi connectivity index (χ1v) is 11.6. The lowest BCUT2D eigenvalue weighted by atomic mass is 9.33. The Bertz CT molecular complexity index is 1800. The molecule has 0 aliphatic carbocycles. The number of rotatable bonds is 0. The molecule has 7 heteroatoms. The van der Waals surface area contributed by atoms with Crippen LogP contribution in [-0.2, 0) is 5.92 Å². The average Bonchev–Trinajstić information content (AvgIpc) is 3.22. The van der Waals surface area contributed by atoms with Gasteiger partial charge in [-0.2, -0.15) is 17.6 Å². The van der Waals surface area contributed by atoms with Gasteiger partial charge < -0.3 is 4.57 Å². The Hall–Kier alpha value is -3.74. The number of para-hydroxylation sites is 1. The summed E-state index contributed by atoms with van der Waals surface area (Å²) in [6, 6.07) is 15.6. The highest BCUT2D eigenvalue weighted by Gasteiger charge is 2.70. The van der Waals surface area contributed by atoms with Crippen molar-refractivity contribution in [1.29, 1.82) is 0 Å². The molecule has 3 aliphatic heterocycles. The van der Waals surface area contributed by atoms with E-state index < -0.39 is 24.2 Å². The Morgan fingerprint density at radius 1 is 0.743 bits per heavy atom. The van der Waals surface area contributed by atoms with Crippen LogP contribution in [0.5, 0.6) is 0 Å². The molecular formula is C28H17BF4N2. The summed E-state index contributed by atoms with van der Waals surface area (Å²) < 4.78 is 63.3. The molecule has 8 rings (SSSR count). The van der Waals surface area contributed by atoms with Crippen LogP contribution in [0.25, 0.3) is 27.5 Å². The van der Waals surface area contributed by atoms with Gasteiger partial charge >= 0.3 is 12.0 Å². The first kappa shape index (κ1) is 19.6. The van der Waals surface area contributed by atoms with Crippen molar-refractivity contribution in [3.8, 4) is 5.69 Å². The van der Waals surface area contributed by atoms with Crippen LogP contribution in [0, 0.1) is 13.8 Å². The molecule has 0 saturated heterocycles. The van der Waals surface area contributed by atoms with Crippen molar-refractivity contribution in [3.63, 3.8) is 0 Å². The molecule has 4 aromatic carbocycles. The zero-order valence-corrected chi connectivity index (χ0v) is 18.8. The monoisotopic (exact) mass is 468 g/mol. The SMILES string of the molecule is Cc1ccc2c(c1)c1cc(C)cc3c1n2-c1cccc2c1B3c1cccc3c1N2C(F)(F)C3(F)F. The molecule has 1 aromatic heterocycles. The van der Waals surface area contributed by atoms with Crippen molar-refractivity contribution in [1.82, 2.24) is 4.57 Å². The van der Waals surface area contributed by atoms with Gasteiger partial charge in [-0.1, -0.05) is 47.5 Å². The van der Waals surface area contributed by atoms with Gasteiger partial charge in [-0.25, -0.2) is 0 Å². The maximum absolute atomic E-state index is 15.4. The summed E-state index contributed by atoms with van der Waals surface area (Å²) in [7, 11) is 0. The zero-order valence-electron chi connectivity index (χ0n) is 18.8. The van der Waals surface area contributed by atoms with Crippen molar-refractivity contribution in [2.45, 2.75) is 25.8 Å². The predicted octanol–water partition coefficient (Wildman–Crippen LogP) is 5.38. The molecule has 0 unspecified atom stereocenters. The van der Waals surface area contributed by atoms with Crippen LogP contribution in [0.1, 0.15) is 16.7 Å². The number of hydrogen-bond donors (Lipinski definition) is 0. The fourth-order valence-corrected chi connectivity index (χ4v) is 6.63. The third-order valence-corrected chi connectivity index (χ3v) is 7.93. The molecule has 0 amide bonds. The molecule has 0 spiro atoms. The first-order valence-electron chi connectivity index (χ1n) is 11.6. The Morgan fingerprint density at radius 2 is 1.49 bits per heavy atom. The molecule has 3 aliphatic rings. The van der Waals surface area contributed by atoms with E-state index in [4.69, 9.17) is 0 Å². The normalized spacial score (nSPS) is 17.8. The second-order valence-corrected chi connectivity index (χ2v) is 9.94. The van der Waals surface area contributed by atoms with Crippen LogP contribution in [0.4, 0.5) is 28.9 Å². The molecule has 4 heterocycles. The van der Waals surface area contributed by atoms with Gasteiger partial charge in [0, 0.05) is 27.7 Å². The highest BCUT2D eigenvalue weighted by Crippen LogP contribution is 2.59. The summed E-state index contributed by atoms with van der Waals surface area (Å²) in [5.74, 6) is -4.30. The van der Waals surface area contributed by atoms with E-state index in [1.807, 2.05) is 26.0 Å². The summed E-state index contributed by atoms with van der Waals surface area (Å²) in [5, 5.41) is 2.18. The van der Waals surface area contributed by atoms with Gasteiger partial charge in [-0.15, -0.1) is 0 Å². The highest BCUT2D eigenvalue weighted by atomic mass is 19.3. The van der Waals surface area contributed by atoms with E-state index in [-0.39, 0.29) is 11.4 Å². The van der Waals surface area contributed by atoms with E-state index >= 15 is 17.6 Å². The molecule has 35 heavy (non-hydrogen) atoms. The van der Waals surface area contributed by atoms with Crippen molar-refractivity contribution in [2.24, 2.45) is 0 Å². The van der Waals surface area contributed by atoms with E-state index in [0.717, 1.165) is 50.1 Å².